The normalized spacial score (nSPS) is 22.0. The highest BCUT2D eigenvalue weighted by atomic mass is 16.6. The molecular formula is C34H41N5O6. The van der Waals surface area contributed by atoms with E-state index in [1.807, 2.05) is 37.3 Å². The minimum Gasteiger partial charge on any atom is -0.444 e. The predicted molar refractivity (Wildman–Crippen MR) is 166 cm³/mol. The second-order valence-corrected chi connectivity index (χ2v) is 13.8. The maximum absolute atomic E-state index is 13.9. The summed E-state index contributed by atoms with van der Waals surface area (Å²) in [6.45, 7) is 7.40. The van der Waals surface area contributed by atoms with Crippen LogP contribution in [0.1, 0.15) is 76.5 Å². The lowest BCUT2D eigenvalue weighted by Gasteiger charge is -2.31. The number of amides is 6. The van der Waals surface area contributed by atoms with E-state index in [9.17, 15) is 24.0 Å². The van der Waals surface area contributed by atoms with Crippen molar-refractivity contribution >= 4 is 35.5 Å². The number of nitrogens with zero attached hydrogens (tertiary/aromatic N) is 2. The molecule has 0 bridgehead atoms. The molecule has 11 heteroatoms. The van der Waals surface area contributed by atoms with Crippen LogP contribution >= 0.6 is 0 Å². The number of rotatable bonds is 9. The van der Waals surface area contributed by atoms with Crippen molar-refractivity contribution in [3.8, 4) is 0 Å². The molecule has 1 saturated heterocycles. The first-order valence-electron chi connectivity index (χ1n) is 15.7. The van der Waals surface area contributed by atoms with Crippen molar-refractivity contribution in [1.29, 1.82) is 0 Å². The average Bonchev–Trinajstić information content (AvgIpc) is 3.91. The molecule has 6 rings (SSSR count). The van der Waals surface area contributed by atoms with Crippen LogP contribution in [0.4, 0.5) is 15.3 Å². The standard InChI is InChI=1S/C34H41N5O6/c1-21(23-10-11-23)38(19-22-8-6-5-7-9-22)27(40)20-39-29(42)34(36-30(39)43)15-14-24-18-25(12-13-26(24)34)35-28(41)33(16-17-33)37-31(44)45-32(2,3)4/h5-9,12-13,18,21,23H,10-11,14-17,19-20H2,1-4H3,(H,35,41)(H,36,43)(H,37,44)/t21-,34-/m0/s1. The maximum Gasteiger partial charge on any atom is 0.408 e. The summed E-state index contributed by atoms with van der Waals surface area (Å²) in [7, 11) is 0. The third-order valence-corrected chi connectivity index (χ3v) is 9.30. The van der Waals surface area contributed by atoms with Crippen molar-refractivity contribution in [3.05, 3.63) is 65.2 Å². The fourth-order valence-corrected chi connectivity index (χ4v) is 6.46. The smallest absolute Gasteiger partial charge is 0.408 e. The number of hydrogen-bond donors (Lipinski definition) is 3. The molecular weight excluding hydrogens is 574 g/mol. The molecule has 3 N–H and O–H groups in total. The van der Waals surface area contributed by atoms with Gasteiger partial charge in [-0.1, -0.05) is 36.4 Å². The minimum atomic E-state index is -1.25. The van der Waals surface area contributed by atoms with Gasteiger partial charge in [0.05, 0.1) is 0 Å². The molecule has 0 unspecified atom stereocenters. The second-order valence-electron chi connectivity index (χ2n) is 13.8. The Kier molecular flexibility index (Phi) is 7.61. The average molecular weight is 616 g/mol. The van der Waals surface area contributed by atoms with Crippen LogP contribution in [-0.2, 0) is 37.6 Å². The Labute approximate surface area is 263 Å². The van der Waals surface area contributed by atoms with Crippen LogP contribution in [0.25, 0.3) is 0 Å². The number of urea groups is 1. The Bertz CT molecular complexity index is 1540. The van der Waals surface area contributed by atoms with Gasteiger partial charge in [0.2, 0.25) is 11.8 Å². The highest BCUT2D eigenvalue weighted by Crippen LogP contribution is 2.43. The number of hydrogen-bond acceptors (Lipinski definition) is 6. The van der Waals surface area contributed by atoms with E-state index in [1.165, 1.54) is 0 Å². The van der Waals surface area contributed by atoms with Crippen molar-refractivity contribution < 1.29 is 28.7 Å². The molecule has 6 amide bonds. The number of carbonyl (C=O) groups is 5. The quantitative estimate of drug-likeness (QED) is 0.362. The number of fused-ring (bicyclic) bond motifs is 2. The number of nitrogens with one attached hydrogen (secondary N) is 3. The number of ether oxygens (including phenoxy) is 1. The molecule has 3 fully saturated rings. The molecule has 238 valence electrons. The van der Waals surface area contributed by atoms with Crippen LogP contribution in [0.5, 0.6) is 0 Å². The molecule has 4 aliphatic rings. The summed E-state index contributed by atoms with van der Waals surface area (Å²) in [5.41, 5.74) is 0.0601. The van der Waals surface area contributed by atoms with Crippen molar-refractivity contribution in [2.75, 3.05) is 11.9 Å². The van der Waals surface area contributed by atoms with Gasteiger partial charge in [-0.15, -0.1) is 0 Å². The zero-order chi connectivity index (χ0) is 32.1. The number of benzene rings is 2. The summed E-state index contributed by atoms with van der Waals surface area (Å²) < 4.78 is 5.32. The molecule has 2 atom stereocenters. The lowest BCUT2D eigenvalue weighted by molar-refractivity contribution is -0.141. The van der Waals surface area contributed by atoms with Gasteiger partial charge in [0.25, 0.3) is 5.91 Å². The lowest BCUT2D eigenvalue weighted by atomic mass is 9.91. The highest BCUT2D eigenvalue weighted by molar-refractivity contribution is 6.10. The molecule has 0 aromatic heterocycles. The van der Waals surface area contributed by atoms with E-state index < -0.39 is 34.7 Å². The Morgan fingerprint density at radius 1 is 1.07 bits per heavy atom. The van der Waals surface area contributed by atoms with Crippen molar-refractivity contribution in [3.63, 3.8) is 0 Å². The lowest BCUT2D eigenvalue weighted by Crippen LogP contribution is -2.48. The molecule has 2 saturated carbocycles. The topological polar surface area (TPSA) is 137 Å². The van der Waals surface area contributed by atoms with Gasteiger partial charge in [-0.25, -0.2) is 9.59 Å². The summed E-state index contributed by atoms with van der Waals surface area (Å²) >= 11 is 0. The van der Waals surface area contributed by atoms with Gasteiger partial charge in [0.1, 0.15) is 23.2 Å². The van der Waals surface area contributed by atoms with E-state index in [-0.39, 0.29) is 24.4 Å². The van der Waals surface area contributed by atoms with E-state index in [4.69, 9.17) is 4.74 Å². The molecule has 1 aliphatic heterocycles. The molecule has 2 aromatic carbocycles. The van der Waals surface area contributed by atoms with E-state index in [0.717, 1.165) is 28.9 Å². The molecule has 45 heavy (non-hydrogen) atoms. The Morgan fingerprint density at radius 3 is 2.42 bits per heavy atom. The van der Waals surface area contributed by atoms with Gasteiger partial charge in [-0.3, -0.25) is 19.3 Å². The third-order valence-electron chi connectivity index (χ3n) is 9.30. The zero-order valence-electron chi connectivity index (χ0n) is 26.3. The first kappa shape index (κ1) is 30.6. The van der Waals surface area contributed by atoms with Gasteiger partial charge < -0.3 is 25.6 Å². The number of alkyl carbamates (subject to hydrolysis) is 1. The van der Waals surface area contributed by atoms with Crippen LogP contribution in [0, 0.1) is 5.92 Å². The van der Waals surface area contributed by atoms with E-state index >= 15 is 0 Å². The molecule has 2 aromatic rings. The third kappa shape index (κ3) is 6.12. The minimum absolute atomic E-state index is 0.00221. The number of anilines is 1. The Morgan fingerprint density at radius 2 is 1.78 bits per heavy atom. The van der Waals surface area contributed by atoms with Crippen LogP contribution in [-0.4, -0.2) is 63.4 Å². The SMILES string of the molecule is C[C@@H](C1CC1)N(Cc1ccccc1)C(=O)CN1C(=O)N[C@]2(CCc3cc(NC(=O)C4(NC(=O)OC(C)(C)C)CC4)ccc32)C1=O. The van der Waals surface area contributed by atoms with Gasteiger partial charge in [-0.05, 0) is 101 Å². The van der Waals surface area contributed by atoms with Crippen molar-refractivity contribution in [2.45, 2.75) is 95.5 Å². The predicted octanol–water partition coefficient (Wildman–Crippen LogP) is 4.20. The van der Waals surface area contributed by atoms with Gasteiger partial charge in [0, 0.05) is 18.3 Å². The highest BCUT2D eigenvalue weighted by Gasteiger charge is 2.56. The number of imide groups is 1. The number of carbonyl (C=O) groups excluding carboxylic acids is 5. The summed E-state index contributed by atoms with van der Waals surface area (Å²) in [6.07, 6.45) is 3.35. The molecule has 3 aliphatic carbocycles. The van der Waals surface area contributed by atoms with E-state index in [2.05, 4.69) is 16.0 Å². The first-order chi connectivity index (χ1) is 21.3. The van der Waals surface area contributed by atoms with E-state index in [0.29, 0.717) is 49.4 Å². The van der Waals surface area contributed by atoms with Gasteiger partial charge >= 0.3 is 12.1 Å². The Hall–Kier alpha value is -4.41. The Balaban J connectivity index is 1.14. The molecule has 1 heterocycles. The maximum atomic E-state index is 13.9. The second kappa shape index (κ2) is 11.2. The van der Waals surface area contributed by atoms with Crippen molar-refractivity contribution in [1.82, 2.24) is 20.4 Å². The summed E-state index contributed by atoms with van der Waals surface area (Å²) in [6, 6.07) is 14.4. The van der Waals surface area contributed by atoms with Crippen molar-refractivity contribution in [2.24, 2.45) is 5.92 Å². The zero-order valence-corrected chi connectivity index (χ0v) is 26.3. The van der Waals surface area contributed by atoms with Crippen LogP contribution in [0.2, 0.25) is 0 Å². The molecule has 1 spiro atoms. The van der Waals surface area contributed by atoms with E-state index in [1.54, 1.807) is 43.9 Å². The molecule has 0 radical (unpaired) electrons. The fourth-order valence-electron chi connectivity index (χ4n) is 6.46. The van der Waals surface area contributed by atoms with Crippen LogP contribution < -0.4 is 16.0 Å². The summed E-state index contributed by atoms with van der Waals surface area (Å²) in [4.78, 5) is 69.0. The van der Waals surface area contributed by atoms with Crippen LogP contribution in [0.15, 0.2) is 48.5 Å². The monoisotopic (exact) mass is 615 g/mol. The summed E-state index contributed by atoms with van der Waals surface area (Å²) in [5.74, 6) is -0.611. The largest absolute Gasteiger partial charge is 0.444 e. The first-order valence-corrected chi connectivity index (χ1v) is 15.7. The van der Waals surface area contributed by atoms with Gasteiger partial charge in [0.15, 0.2) is 0 Å². The fraction of sp³-hybridized carbons (Fsp3) is 0.500. The molecule has 11 nitrogen and oxygen atoms in total. The van der Waals surface area contributed by atoms with Crippen LogP contribution in [0.3, 0.4) is 0 Å². The number of aryl methyl sites for hydroxylation is 1. The summed E-state index contributed by atoms with van der Waals surface area (Å²) in [5, 5.41) is 8.49. The van der Waals surface area contributed by atoms with Gasteiger partial charge in [-0.2, -0.15) is 0 Å².